The Morgan fingerprint density at radius 3 is 2.79 bits per heavy atom. The molecule has 19 heavy (non-hydrogen) atoms. The van der Waals surface area contributed by atoms with Crippen molar-refractivity contribution >= 4 is 17.5 Å². The molecule has 0 bridgehead atoms. The van der Waals surface area contributed by atoms with Crippen LogP contribution in [-0.4, -0.2) is 36.9 Å². The molecule has 1 amide bonds. The zero-order chi connectivity index (χ0) is 14.3. The minimum absolute atomic E-state index is 0.00390. The number of alkyl halides is 1. The molecule has 4 heteroatoms. The molecule has 1 atom stereocenters. The Morgan fingerprint density at radius 2 is 2.21 bits per heavy atom. The van der Waals surface area contributed by atoms with Gasteiger partial charge in [0.25, 0.3) is 0 Å². The number of hydrogen-bond acceptors (Lipinski definition) is 2. The third-order valence-electron chi connectivity index (χ3n) is 3.14. The minimum atomic E-state index is -0.0802. The Morgan fingerprint density at radius 1 is 1.53 bits per heavy atom. The topological polar surface area (TPSA) is 29.5 Å². The fraction of sp³-hybridized carbons (Fsp3) is 0.400. The summed E-state index contributed by atoms with van der Waals surface area (Å²) in [6.07, 6.45) is 3.25. The molecule has 104 valence electrons. The summed E-state index contributed by atoms with van der Waals surface area (Å²) in [6, 6.07) is 7.86. The molecule has 0 saturated heterocycles. The summed E-state index contributed by atoms with van der Waals surface area (Å²) >= 11 is 5.61. The van der Waals surface area contributed by atoms with Crippen LogP contribution >= 0.6 is 11.6 Å². The van der Waals surface area contributed by atoms with E-state index in [0.717, 1.165) is 24.2 Å². The van der Waals surface area contributed by atoms with Gasteiger partial charge in [-0.15, -0.1) is 18.2 Å². The second-order valence-electron chi connectivity index (χ2n) is 4.33. The molecule has 0 aliphatic carbocycles. The van der Waals surface area contributed by atoms with Crippen LogP contribution in [0.4, 0.5) is 0 Å². The number of rotatable bonds is 7. The van der Waals surface area contributed by atoms with E-state index < -0.39 is 0 Å². The van der Waals surface area contributed by atoms with E-state index in [1.807, 2.05) is 30.3 Å². The molecule has 1 aromatic carbocycles. The largest absolute Gasteiger partial charge is 0.496 e. The SMILES string of the molecule is C=CC[C@@H](Cc1ccccc1OC)N(C)C(=O)CCl. The first-order valence-corrected chi connectivity index (χ1v) is 6.71. The molecule has 0 aromatic heterocycles. The van der Waals surface area contributed by atoms with Crippen LogP contribution in [0.3, 0.4) is 0 Å². The van der Waals surface area contributed by atoms with E-state index in [-0.39, 0.29) is 17.8 Å². The highest BCUT2D eigenvalue weighted by Gasteiger charge is 2.19. The fourth-order valence-electron chi connectivity index (χ4n) is 1.99. The molecule has 3 nitrogen and oxygen atoms in total. The van der Waals surface area contributed by atoms with Gasteiger partial charge in [0.05, 0.1) is 7.11 Å². The average molecular weight is 282 g/mol. The van der Waals surface area contributed by atoms with Crippen LogP contribution in [-0.2, 0) is 11.2 Å². The number of ether oxygens (including phenoxy) is 1. The first kappa shape index (κ1) is 15.6. The standard InChI is InChI=1S/C15H20ClNO2/c1-4-7-13(17(2)15(18)11-16)10-12-8-5-6-9-14(12)19-3/h4-6,8-9,13H,1,7,10-11H2,2-3H3/t13-/m0/s1. The first-order valence-electron chi connectivity index (χ1n) is 6.18. The predicted molar refractivity (Wildman–Crippen MR) is 78.8 cm³/mol. The smallest absolute Gasteiger partial charge is 0.237 e. The van der Waals surface area contributed by atoms with Gasteiger partial charge in [-0.05, 0) is 24.5 Å². The van der Waals surface area contributed by atoms with Gasteiger partial charge in [0.1, 0.15) is 11.6 Å². The molecule has 0 heterocycles. The number of carbonyl (C=O) groups is 1. The van der Waals surface area contributed by atoms with Crippen molar-refractivity contribution in [2.24, 2.45) is 0 Å². The summed E-state index contributed by atoms with van der Waals surface area (Å²) in [6.45, 7) is 3.75. The number of likely N-dealkylation sites (N-methyl/N-ethyl adjacent to an activating group) is 1. The van der Waals surface area contributed by atoms with E-state index in [1.165, 1.54) is 0 Å². The maximum atomic E-state index is 11.7. The molecule has 0 unspecified atom stereocenters. The molecule has 1 aromatic rings. The Bertz CT molecular complexity index is 434. The van der Waals surface area contributed by atoms with Crippen LogP contribution in [0.5, 0.6) is 5.75 Å². The van der Waals surface area contributed by atoms with Crippen molar-refractivity contribution in [3.05, 3.63) is 42.5 Å². The average Bonchev–Trinajstić information content (AvgIpc) is 2.45. The highest BCUT2D eigenvalue weighted by atomic mass is 35.5. The number of methoxy groups -OCH3 is 1. The Balaban J connectivity index is 2.88. The lowest BCUT2D eigenvalue weighted by atomic mass is 10.0. The summed E-state index contributed by atoms with van der Waals surface area (Å²) in [7, 11) is 3.42. The van der Waals surface area contributed by atoms with Crippen molar-refractivity contribution in [1.29, 1.82) is 0 Å². The third kappa shape index (κ3) is 4.28. The van der Waals surface area contributed by atoms with Crippen LogP contribution in [0.1, 0.15) is 12.0 Å². The van der Waals surface area contributed by atoms with Gasteiger partial charge in [-0.2, -0.15) is 0 Å². The van der Waals surface area contributed by atoms with Gasteiger partial charge in [0, 0.05) is 13.1 Å². The monoisotopic (exact) mass is 281 g/mol. The third-order valence-corrected chi connectivity index (χ3v) is 3.37. The Hall–Kier alpha value is -1.48. The van der Waals surface area contributed by atoms with Gasteiger partial charge in [-0.3, -0.25) is 4.79 Å². The van der Waals surface area contributed by atoms with E-state index in [0.29, 0.717) is 0 Å². The molecule has 1 rings (SSSR count). The number of nitrogens with zero attached hydrogens (tertiary/aromatic N) is 1. The van der Waals surface area contributed by atoms with Gasteiger partial charge in [0.2, 0.25) is 5.91 Å². The van der Waals surface area contributed by atoms with Gasteiger partial charge in [-0.25, -0.2) is 0 Å². The lowest BCUT2D eigenvalue weighted by Gasteiger charge is -2.27. The second-order valence-corrected chi connectivity index (χ2v) is 4.60. The first-order chi connectivity index (χ1) is 9.13. The summed E-state index contributed by atoms with van der Waals surface area (Å²) < 4.78 is 5.34. The van der Waals surface area contributed by atoms with E-state index in [1.54, 1.807) is 19.1 Å². The van der Waals surface area contributed by atoms with Crippen molar-refractivity contribution in [3.8, 4) is 5.75 Å². The second kappa shape index (κ2) is 7.85. The highest BCUT2D eigenvalue weighted by molar-refractivity contribution is 6.27. The van der Waals surface area contributed by atoms with Crippen LogP contribution in [0.2, 0.25) is 0 Å². The Labute approximate surface area is 119 Å². The molecule has 0 saturated carbocycles. The Kier molecular flexibility index (Phi) is 6.43. The van der Waals surface area contributed by atoms with Crippen LogP contribution in [0, 0.1) is 0 Å². The lowest BCUT2D eigenvalue weighted by molar-refractivity contribution is -0.129. The molecule has 0 N–H and O–H groups in total. The van der Waals surface area contributed by atoms with Crippen LogP contribution < -0.4 is 4.74 Å². The van der Waals surface area contributed by atoms with E-state index >= 15 is 0 Å². The molecular formula is C15H20ClNO2. The van der Waals surface area contributed by atoms with Gasteiger partial charge in [-0.1, -0.05) is 24.3 Å². The van der Waals surface area contributed by atoms with Crippen molar-refractivity contribution in [2.75, 3.05) is 20.0 Å². The molecule has 0 fully saturated rings. The summed E-state index contributed by atoms with van der Waals surface area (Å²) in [5.41, 5.74) is 1.08. The van der Waals surface area contributed by atoms with Crippen molar-refractivity contribution in [3.63, 3.8) is 0 Å². The fourth-order valence-corrected chi connectivity index (χ4v) is 2.18. The lowest BCUT2D eigenvalue weighted by Crippen LogP contribution is -2.39. The molecule has 0 spiro atoms. The molecule has 0 aliphatic rings. The number of carbonyl (C=O) groups excluding carboxylic acids is 1. The van der Waals surface area contributed by atoms with Crippen molar-refractivity contribution in [1.82, 2.24) is 4.90 Å². The molecule has 0 aliphatic heterocycles. The summed E-state index contributed by atoms with van der Waals surface area (Å²) in [4.78, 5) is 13.4. The minimum Gasteiger partial charge on any atom is -0.496 e. The summed E-state index contributed by atoms with van der Waals surface area (Å²) in [5, 5.41) is 0. The number of benzene rings is 1. The maximum Gasteiger partial charge on any atom is 0.237 e. The zero-order valence-electron chi connectivity index (χ0n) is 11.4. The quantitative estimate of drug-likeness (QED) is 0.568. The van der Waals surface area contributed by atoms with Crippen LogP contribution in [0.25, 0.3) is 0 Å². The van der Waals surface area contributed by atoms with Crippen LogP contribution in [0.15, 0.2) is 36.9 Å². The summed E-state index contributed by atoms with van der Waals surface area (Å²) in [5.74, 6) is 0.752. The number of amides is 1. The van der Waals surface area contributed by atoms with Crippen molar-refractivity contribution < 1.29 is 9.53 Å². The molecule has 0 radical (unpaired) electrons. The van der Waals surface area contributed by atoms with E-state index in [2.05, 4.69) is 6.58 Å². The zero-order valence-corrected chi connectivity index (χ0v) is 12.2. The van der Waals surface area contributed by atoms with E-state index in [4.69, 9.17) is 16.3 Å². The molecular weight excluding hydrogens is 262 g/mol. The normalized spacial score (nSPS) is 11.7. The number of hydrogen-bond donors (Lipinski definition) is 0. The number of halogens is 1. The maximum absolute atomic E-state index is 11.7. The number of para-hydroxylation sites is 1. The van der Waals surface area contributed by atoms with E-state index in [9.17, 15) is 4.79 Å². The predicted octanol–water partition coefficient (Wildman–Crippen LogP) is 2.88. The van der Waals surface area contributed by atoms with Gasteiger partial charge < -0.3 is 9.64 Å². The van der Waals surface area contributed by atoms with Gasteiger partial charge >= 0.3 is 0 Å². The highest BCUT2D eigenvalue weighted by Crippen LogP contribution is 2.21. The van der Waals surface area contributed by atoms with Crippen molar-refractivity contribution in [2.45, 2.75) is 18.9 Å². The van der Waals surface area contributed by atoms with Gasteiger partial charge in [0.15, 0.2) is 0 Å².